The molecule has 0 aromatic heterocycles. The summed E-state index contributed by atoms with van der Waals surface area (Å²) in [7, 11) is 0. The highest BCUT2D eigenvalue weighted by molar-refractivity contribution is 5.55. The molecule has 0 unspecified atom stereocenters. The molecular formula is C16H27NO. The summed E-state index contributed by atoms with van der Waals surface area (Å²) in [4.78, 5) is 0. The van der Waals surface area contributed by atoms with Crippen LogP contribution in [0.5, 0.6) is 5.75 Å². The van der Waals surface area contributed by atoms with Crippen molar-refractivity contribution in [1.82, 2.24) is 0 Å². The van der Waals surface area contributed by atoms with Crippen molar-refractivity contribution >= 4 is 5.69 Å². The summed E-state index contributed by atoms with van der Waals surface area (Å²) < 4.78 is 5.93. The summed E-state index contributed by atoms with van der Waals surface area (Å²) in [5.41, 5.74) is 9.13. The van der Waals surface area contributed by atoms with Gasteiger partial charge in [-0.25, -0.2) is 0 Å². The fourth-order valence-electron chi connectivity index (χ4n) is 1.97. The van der Waals surface area contributed by atoms with E-state index < -0.39 is 0 Å². The quantitative estimate of drug-likeness (QED) is 0.594. The second-order valence-corrected chi connectivity index (χ2v) is 5.79. The number of hydrogen-bond acceptors (Lipinski definition) is 2. The molecule has 0 aliphatic carbocycles. The third kappa shape index (κ3) is 4.25. The van der Waals surface area contributed by atoms with E-state index in [0.29, 0.717) is 5.92 Å². The van der Waals surface area contributed by atoms with Gasteiger partial charge in [-0.3, -0.25) is 0 Å². The molecule has 2 nitrogen and oxygen atoms in total. The molecule has 0 bridgehead atoms. The maximum atomic E-state index is 5.97. The van der Waals surface area contributed by atoms with Crippen LogP contribution in [0.3, 0.4) is 0 Å². The van der Waals surface area contributed by atoms with Crippen LogP contribution >= 0.6 is 0 Å². The van der Waals surface area contributed by atoms with Crippen LogP contribution in [-0.2, 0) is 0 Å². The SMILES string of the molecule is Cc1cc(OCCCC(C)C)c(C(C)C)cc1N. The first kappa shape index (κ1) is 14.9. The highest BCUT2D eigenvalue weighted by atomic mass is 16.5. The van der Waals surface area contributed by atoms with Crippen LogP contribution in [0, 0.1) is 12.8 Å². The molecule has 1 aromatic carbocycles. The van der Waals surface area contributed by atoms with Gasteiger partial charge in [0.15, 0.2) is 0 Å². The van der Waals surface area contributed by atoms with E-state index in [1.165, 1.54) is 12.0 Å². The monoisotopic (exact) mass is 249 g/mol. The van der Waals surface area contributed by atoms with Crippen LogP contribution in [-0.4, -0.2) is 6.61 Å². The van der Waals surface area contributed by atoms with Crippen molar-refractivity contribution in [2.45, 2.75) is 53.4 Å². The minimum Gasteiger partial charge on any atom is -0.493 e. The van der Waals surface area contributed by atoms with E-state index in [-0.39, 0.29) is 0 Å². The first-order chi connectivity index (χ1) is 8.41. The Balaban J connectivity index is 2.71. The van der Waals surface area contributed by atoms with Crippen molar-refractivity contribution in [2.24, 2.45) is 5.92 Å². The molecule has 2 N–H and O–H groups in total. The average Bonchev–Trinajstić information content (AvgIpc) is 2.28. The fourth-order valence-corrected chi connectivity index (χ4v) is 1.97. The Morgan fingerprint density at radius 1 is 1.17 bits per heavy atom. The zero-order valence-corrected chi connectivity index (χ0v) is 12.4. The average molecular weight is 249 g/mol. The molecule has 0 fully saturated rings. The Hall–Kier alpha value is -1.18. The third-order valence-corrected chi connectivity index (χ3v) is 3.20. The molecule has 0 spiro atoms. The number of rotatable bonds is 6. The van der Waals surface area contributed by atoms with Gasteiger partial charge in [0.05, 0.1) is 6.61 Å². The third-order valence-electron chi connectivity index (χ3n) is 3.20. The van der Waals surface area contributed by atoms with Gasteiger partial charge in [-0.2, -0.15) is 0 Å². The van der Waals surface area contributed by atoms with Crippen LogP contribution in [0.15, 0.2) is 12.1 Å². The van der Waals surface area contributed by atoms with E-state index in [4.69, 9.17) is 10.5 Å². The number of hydrogen-bond donors (Lipinski definition) is 1. The predicted octanol–water partition coefficient (Wildman–Crippen LogP) is 4.52. The van der Waals surface area contributed by atoms with Crippen LogP contribution < -0.4 is 10.5 Å². The Kier molecular flexibility index (Phi) is 5.52. The van der Waals surface area contributed by atoms with Crippen molar-refractivity contribution in [3.8, 4) is 5.75 Å². The summed E-state index contributed by atoms with van der Waals surface area (Å²) in [6, 6.07) is 4.12. The molecule has 0 aliphatic rings. The van der Waals surface area contributed by atoms with Crippen LogP contribution in [0.25, 0.3) is 0 Å². The molecule has 1 aromatic rings. The lowest BCUT2D eigenvalue weighted by atomic mass is 9.99. The van der Waals surface area contributed by atoms with Gasteiger partial charge in [-0.1, -0.05) is 27.7 Å². The van der Waals surface area contributed by atoms with E-state index in [1.807, 2.05) is 6.92 Å². The molecule has 0 radical (unpaired) electrons. The molecule has 0 saturated carbocycles. The van der Waals surface area contributed by atoms with E-state index in [9.17, 15) is 0 Å². The van der Waals surface area contributed by atoms with Crippen LogP contribution in [0.1, 0.15) is 57.6 Å². The Labute approximate surface area is 112 Å². The van der Waals surface area contributed by atoms with E-state index in [0.717, 1.165) is 35.9 Å². The predicted molar refractivity (Wildman–Crippen MR) is 79.2 cm³/mol. The number of anilines is 1. The largest absolute Gasteiger partial charge is 0.493 e. The highest BCUT2D eigenvalue weighted by Gasteiger charge is 2.10. The minimum absolute atomic E-state index is 0.438. The van der Waals surface area contributed by atoms with Gasteiger partial charge < -0.3 is 10.5 Å². The summed E-state index contributed by atoms with van der Waals surface area (Å²) in [6.07, 6.45) is 2.32. The maximum Gasteiger partial charge on any atom is 0.123 e. The van der Waals surface area contributed by atoms with Crippen molar-refractivity contribution in [3.63, 3.8) is 0 Å². The molecule has 0 atom stereocenters. The summed E-state index contributed by atoms with van der Waals surface area (Å²) >= 11 is 0. The van der Waals surface area contributed by atoms with Crippen molar-refractivity contribution in [2.75, 3.05) is 12.3 Å². The summed E-state index contributed by atoms with van der Waals surface area (Å²) in [5.74, 6) is 2.18. The van der Waals surface area contributed by atoms with Gasteiger partial charge in [-0.05, 0) is 54.9 Å². The van der Waals surface area contributed by atoms with Gasteiger partial charge >= 0.3 is 0 Å². The number of nitrogen functional groups attached to an aromatic ring is 1. The molecule has 0 amide bonds. The standard InChI is InChI=1S/C16H27NO/c1-11(2)7-6-8-18-16-9-13(5)15(17)10-14(16)12(3)4/h9-12H,6-8,17H2,1-5H3. The van der Waals surface area contributed by atoms with Crippen molar-refractivity contribution in [1.29, 1.82) is 0 Å². The molecule has 0 heterocycles. The molecule has 0 saturated heterocycles. The summed E-state index contributed by atoms with van der Waals surface area (Å²) in [5, 5.41) is 0. The van der Waals surface area contributed by atoms with Gasteiger partial charge in [0.25, 0.3) is 0 Å². The van der Waals surface area contributed by atoms with Gasteiger partial charge in [0, 0.05) is 5.69 Å². The fraction of sp³-hybridized carbons (Fsp3) is 0.625. The Morgan fingerprint density at radius 3 is 2.39 bits per heavy atom. The first-order valence-corrected chi connectivity index (χ1v) is 6.94. The highest BCUT2D eigenvalue weighted by Crippen LogP contribution is 2.31. The lowest BCUT2D eigenvalue weighted by Crippen LogP contribution is -2.04. The lowest BCUT2D eigenvalue weighted by molar-refractivity contribution is 0.294. The zero-order chi connectivity index (χ0) is 13.7. The van der Waals surface area contributed by atoms with Gasteiger partial charge in [-0.15, -0.1) is 0 Å². The minimum atomic E-state index is 0.438. The number of ether oxygens (including phenoxy) is 1. The Morgan fingerprint density at radius 2 is 1.83 bits per heavy atom. The second-order valence-electron chi connectivity index (χ2n) is 5.79. The van der Waals surface area contributed by atoms with Crippen molar-refractivity contribution in [3.05, 3.63) is 23.3 Å². The molecule has 102 valence electrons. The summed E-state index contributed by atoms with van der Waals surface area (Å²) in [6.45, 7) is 11.7. The smallest absolute Gasteiger partial charge is 0.123 e. The maximum absolute atomic E-state index is 5.97. The normalized spacial score (nSPS) is 11.3. The van der Waals surface area contributed by atoms with Gasteiger partial charge in [0.1, 0.15) is 5.75 Å². The topological polar surface area (TPSA) is 35.2 Å². The van der Waals surface area contributed by atoms with E-state index in [1.54, 1.807) is 0 Å². The molecule has 1 rings (SSSR count). The number of nitrogens with two attached hydrogens (primary N) is 1. The van der Waals surface area contributed by atoms with E-state index >= 15 is 0 Å². The van der Waals surface area contributed by atoms with Crippen molar-refractivity contribution < 1.29 is 4.74 Å². The molecule has 0 aliphatic heterocycles. The molecule has 2 heteroatoms. The zero-order valence-electron chi connectivity index (χ0n) is 12.4. The second kappa shape index (κ2) is 6.67. The number of aryl methyl sites for hydroxylation is 1. The van der Waals surface area contributed by atoms with Crippen LogP contribution in [0.4, 0.5) is 5.69 Å². The molecule has 18 heavy (non-hydrogen) atoms. The lowest BCUT2D eigenvalue weighted by Gasteiger charge is -2.16. The number of benzene rings is 1. The van der Waals surface area contributed by atoms with E-state index in [2.05, 4.69) is 39.8 Å². The van der Waals surface area contributed by atoms with Gasteiger partial charge in [0.2, 0.25) is 0 Å². The first-order valence-electron chi connectivity index (χ1n) is 6.94. The Bertz CT molecular complexity index is 383. The van der Waals surface area contributed by atoms with Crippen LogP contribution in [0.2, 0.25) is 0 Å². The molecular weight excluding hydrogens is 222 g/mol.